The van der Waals surface area contributed by atoms with Crippen LogP contribution in [0.5, 0.6) is 0 Å². The molecule has 2 aromatic rings. The molecule has 0 spiro atoms. The first-order valence-electron chi connectivity index (χ1n) is 6.87. The monoisotopic (exact) mass is 261 g/mol. The van der Waals surface area contributed by atoms with Crippen LogP contribution in [0, 0.1) is 6.92 Å². The van der Waals surface area contributed by atoms with E-state index < -0.39 is 0 Å². The fourth-order valence-electron chi connectivity index (χ4n) is 2.77. The van der Waals surface area contributed by atoms with E-state index in [0.29, 0.717) is 6.54 Å². The Hall–Kier alpha value is -1.85. The summed E-state index contributed by atoms with van der Waals surface area (Å²) in [7, 11) is 0. The summed E-state index contributed by atoms with van der Waals surface area (Å²) < 4.78 is 3.71. The highest BCUT2D eigenvalue weighted by Crippen LogP contribution is 2.18. The van der Waals surface area contributed by atoms with Gasteiger partial charge in [-0.15, -0.1) is 0 Å². The normalized spacial score (nSPS) is 15.6. The van der Waals surface area contributed by atoms with Crippen molar-refractivity contribution in [2.75, 3.05) is 13.1 Å². The van der Waals surface area contributed by atoms with Crippen molar-refractivity contribution in [2.24, 2.45) is 0 Å². The van der Waals surface area contributed by atoms with E-state index in [1.54, 1.807) is 10.9 Å². The molecule has 0 aliphatic carbocycles. The number of aromatic nitrogens is 4. The average Bonchev–Trinajstić information content (AvgIpc) is 3.08. The molecule has 6 heteroatoms. The van der Waals surface area contributed by atoms with Gasteiger partial charge in [0.05, 0.1) is 11.9 Å². The van der Waals surface area contributed by atoms with Gasteiger partial charge >= 0.3 is 0 Å². The molecule has 0 atom stereocenters. The van der Waals surface area contributed by atoms with Gasteiger partial charge in [-0.3, -0.25) is 14.2 Å². The van der Waals surface area contributed by atoms with Gasteiger partial charge in [-0.25, -0.2) is 0 Å². The number of nitrogens with zero attached hydrogens (tertiary/aromatic N) is 5. The molecule has 1 aliphatic heterocycles. The van der Waals surface area contributed by atoms with E-state index in [-0.39, 0.29) is 5.91 Å². The Morgan fingerprint density at radius 2 is 2.05 bits per heavy atom. The molecular weight excluding hydrogens is 242 g/mol. The zero-order chi connectivity index (χ0) is 13.4. The SMILES string of the molecule is CCn1nc(C)c2c1cnn2CC(=O)N1CCCC1. The Bertz CT molecular complexity index is 606. The minimum Gasteiger partial charge on any atom is -0.341 e. The predicted octanol–water partition coefficient (Wildman–Crippen LogP) is 1.18. The van der Waals surface area contributed by atoms with Gasteiger partial charge in [0.2, 0.25) is 5.91 Å². The molecule has 0 aromatic carbocycles. The van der Waals surface area contributed by atoms with Crippen LogP contribution in [0.3, 0.4) is 0 Å². The van der Waals surface area contributed by atoms with Crippen LogP contribution < -0.4 is 0 Å². The van der Waals surface area contributed by atoms with Gasteiger partial charge in [-0.1, -0.05) is 0 Å². The Balaban J connectivity index is 1.88. The van der Waals surface area contributed by atoms with Crippen LogP contribution in [-0.4, -0.2) is 43.5 Å². The van der Waals surface area contributed by atoms with Gasteiger partial charge in [0.15, 0.2) is 0 Å². The van der Waals surface area contributed by atoms with E-state index in [9.17, 15) is 4.79 Å². The van der Waals surface area contributed by atoms with Gasteiger partial charge in [-0.05, 0) is 26.7 Å². The largest absolute Gasteiger partial charge is 0.341 e. The van der Waals surface area contributed by atoms with Crippen molar-refractivity contribution in [3.05, 3.63) is 11.9 Å². The van der Waals surface area contributed by atoms with Crippen molar-refractivity contribution in [1.82, 2.24) is 24.5 Å². The van der Waals surface area contributed by atoms with E-state index in [2.05, 4.69) is 17.1 Å². The average molecular weight is 261 g/mol. The van der Waals surface area contributed by atoms with Crippen LogP contribution in [-0.2, 0) is 17.9 Å². The van der Waals surface area contributed by atoms with E-state index in [0.717, 1.165) is 49.2 Å². The molecule has 19 heavy (non-hydrogen) atoms. The minimum atomic E-state index is 0.158. The first-order chi connectivity index (χ1) is 9.20. The zero-order valence-corrected chi connectivity index (χ0v) is 11.5. The molecule has 0 bridgehead atoms. The maximum Gasteiger partial charge on any atom is 0.244 e. The minimum absolute atomic E-state index is 0.158. The van der Waals surface area contributed by atoms with Crippen LogP contribution >= 0.6 is 0 Å². The summed E-state index contributed by atoms with van der Waals surface area (Å²) in [5.41, 5.74) is 2.92. The number of aryl methyl sites for hydroxylation is 2. The van der Waals surface area contributed by atoms with Gasteiger partial charge in [-0.2, -0.15) is 10.2 Å². The number of hydrogen-bond donors (Lipinski definition) is 0. The molecule has 1 saturated heterocycles. The summed E-state index contributed by atoms with van der Waals surface area (Å²) in [4.78, 5) is 14.1. The number of carbonyl (C=O) groups excluding carboxylic acids is 1. The first kappa shape index (κ1) is 12.2. The summed E-state index contributed by atoms with van der Waals surface area (Å²) >= 11 is 0. The quantitative estimate of drug-likeness (QED) is 0.833. The van der Waals surface area contributed by atoms with Crippen molar-refractivity contribution in [1.29, 1.82) is 0 Å². The van der Waals surface area contributed by atoms with E-state index >= 15 is 0 Å². The summed E-state index contributed by atoms with van der Waals surface area (Å²) in [5.74, 6) is 0.158. The van der Waals surface area contributed by atoms with Crippen molar-refractivity contribution in [3.63, 3.8) is 0 Å². The second-order valence-corrected chi connectivity index (χ2v) is 5.03. The van der Waals surface area contributed by atoms with Crippen molar-refractivity contribution in [2.45, 2.75) is 39.8 Å². The Morgan fingerprint density at radius 1 is 1.32 bits per heavy atom. The summed E-state index contributed by atoms with van der Waals surface area (Å²) in [5, 5.41) is 8.81. The highest BCUT2D eigenvalue weighted by atomic mass is 16.2. The van der Waals surface area contributed by atoms with Gasteiger partial charge < -0.3 is 4.90 Å². The molecule has 0 unspecified atom stereocenters. The molecule has 1 amide bonds. The van der Waals surface area contributed by atoms with Crippen molar-refractivity contribution >= 4 is 16.9 Å². The lowest BCUT2D eigenvalue weighted by Crippen LogP contribution is -2.31. The molecule has 1 aliphatic rings. The second kappa shape index (κ2) is 4.68. The van der Waals surface area contributed by atoms with Crippen LogP contribution in [0.25, 0.3) is 11.0 Å². The Labute approximate surface area is 112 Å². The summed E-state index contributed by atoms with van der Waals surface area (Å²) in [6, 6.07) is 0. The predicted molar refractivity (Wildman–Crippen MR) is 71.7 cm³/mol. The van der Waals surface area contributed by atoms with Crippen molar-refractivity contribution in [3.8, 4) is 0 Å². The molecule has 3 heterocycles. The van der Waals surface area contributed by atoms with Crippen LogP contribution in [0.1, 0.15) is 25.5 Å². The van der Waals surface area contributed by atoms with Gasteiger partial charge in [0, 0.05) is 19.6 Å². The fraction of sp³-hybridized carbons (Fsp3) is 0.615. The highest BCUT2D eigenvalue weighted by molar-refractivity contribution is 5.81. The first-order valence-corrected chi connectivity index (χ1v) is 6.87. The molecule has 0 radical (unpaired) electrons. The third kappa shape index (κ3) is 2.01. The number of hydrogen-bond acceptors (Lipinski definition) is 3. The maximum atomic E-state index is 12.2. The standard InChI is InChI=1S/C13H19N5O/c1-3-17-11-8-14-18(13(11)10(2)15-17)9-12(19)16-6-4-5-7-16/h8H,3-7,9H2,1-2H3. The molecule has 0 N–H and O–H groups in total. The Kier molecular flexibility index (Phi) is 3.00. The fourth-order valence-corrected chi connectivity index (χ4v) is 2.77. The molecule has 2 aromatic heterocycles. The van der Waals surface area contributed by atoms with Crippen LogP contribution in [0.15, 0.2) is 6.20 Å². The molecule has 0 saturated carbocycles. The number of likely N-dealkylation sites (tertiary alicyclic amines) is 1. The molecule has 6 nitrogen and oxygen atoms in total. The molecular formula is C13H19N5O. The maximum absolute atomic E-state index is 12.2. The molecule has 3 rings (SSSR count). The third-order valence-electron chi connectivity index (χ3n) is 3.75. The molecule has 102 valence electrons. The van der Waals surface area contributed by atoms with Crippen LogP contribution in [0.2, 0.25) is 0 Å². The molecule has 1 fully saturated rings. The summed E-state index contributed by atoms with van der Waals surface area (Å²) in [6.07, 6.45) is 4.04. The Morgan fingerprint density at radius 3 is 2.74 bits per heavy atom. The van der Waals surface area contributed by atoms with Gasteiger partial charge in [0.25, 0.3) is 0 Å². The number of amides is 1. The number of fused-ring (bicyclic) bond motifs is 1. The lowest BCUT2D eigenvalue weighted by Gasteiger charge is -2.15. The zero-order valence-electron chi connectivity index (χ0n) is 11.5. The van der Waals surface area contributed by atoms with E-state index in [4.69, 9.17) is 0 Å². The number of carbonyl (C=O) groups is 1. The van der Waals surface area contributed by atoms with E-state index in [1.807, 2.05) is 16.5 Å². The van der Waals surface area contributed by atoms with Gasteiger partial charge in [0.1, 0.15) is 17.6 Å². The lowest BCUT2D eigenvalue weighted by atomic mass is 10.4. The second-order valence-electron chi connectivity index (χ2n) is 5.03. The van der Waals surface area contributed by atoms with Crippen LogP contribution in [0.4, 0.5) is 0 Å². The highest BCUT2D eigenvalue weighted by Gasteiger charge is 2.20. The van der Waals surface area contributed by atoms with Crippen molar-refractivity contribution < 1.29 is 4.79 Å². The summed E-state index contributed by atoms with van der Waals surface area (Å²) in [6.45, 7) is 6.92. The third-order valence-corrected chi connectivity index (χ3v) is 3.75. The number of rotatable bonds is 3. The topological polar surface area (TPSA) is 56.0 Å². The lowest BCUT2D eigenvalue weighted by molar-refractivity contribution is -0.130. The van der Waals surface area contributed by atoms with E-state index in [1.165, 1.54) is 0 Å². The smallest absolute Gasteiger partial charge is 0.244 e.